The average Bonchev–Trinajstić information content (AvgIpc) is 2.71. The van der Waals surface area contributed by atoms with Gasteiger partial charge in [-0.2, -0.15) is 5.10 Å². The smallest absolute Gasteiger partial charge is 0.284 e. The summed E-state index contributed by atoms with van der Waals surface area (Å²) in [6, 6.07) is 1.88. The molecule has 0 bridgehead atoms. The summed E-state index contributed by atoms with van der Waals surface area (Å²) in [6.07, 6.45) is 0.901. The first kappa shape index (κ1) is 8.18. The van der Waals surface area contributed by atoms with Gasteiger partial charge < -0.3 is 4.42 Å². The second kappa shape index (κ2) is 3.14. The van der Waals surface area contributed by atoms with Gasteiger partial charge >= 0.3 is 0 Å². The summed E-state index contributed by atoms with van der Waals surface area (Å²) in [7, 11) is 0. The van der Waals surface area contributed by atoms with E-state index in [9.17, 15) is 0 Å². The summed E-state index contributed by atoms with van der Waals surface area (Å²) >= 11 is 4.75. The molecule has 0 unspecified atom stereocenters. The van der Waals surface area contributed by atoms with Crippen LogP contribution >= 0.6 is 12.2 Å². The standard InChI is InChI=1S/C7H8N4OS/c1-2-4-3-5(9-8-4)6-10-11-7(13)12-6/h3H,2H2,1H3,(H,8,9)(H,11,13). The maximum Gasteiger partial charge on any atom is 0.284 e. The molecule has 0 fully saturated rings. The van der Waals surface area contributed by atoms with Gasteiger partial charge in [0.05, 0.1) is 0 Å². The van der Waals surface area contributed by atoms with E-state index in [1.165, 1.54) is 0 Å². The highest BCUT2D eigenvalue weighted by Crippen LogP contribution is 2.14. The monoisotopic (exact) mass is 196 g/mol. The number of rotatable bonds is 2. The van der Waals surface area contributed by atoms with Crippen LogP contribution in [0, 0.1) is 4.84 Å². The first-order valence-corrected chi connectivity index (χ1v) is 4.30. The second-order valence-corrected chi connectivity index (χ2v) is 2.92. The molecule has 2 aromatic rings. The van der Waals surface area contributed by atoms with Gasteiger partial charge in [-0.25, -0.2) is 5.10 Å². The molecule has 2 rings (SSSR count). The summed E-state index contributed by atoms with van der Waals surface area (Å²) in [4.78, 5) is 0.260. The largest absolute Gasteiger partial charge is 0.408 e. The molecule has 0 aliphatic rings. The van der Waals surface area contributed by atoms with E-state index in [0.717, 1.165) is 12.1 Å². The second-order valence-electron chi connectivity index (χ2n) is 2.55. The zero-order valence-corrected chi connectivity index (χ0v) is 7.81. The van der Waals surface area contributed by atoms with E-state index in [0.29, 0.717) is 11.6 Å². The lowest BCUT2D eigenvalue weighted by atomic mass is 10.3. The molecule has 68 valence electrons. The molecule has 13 heavy (non-hydrogen) atoms. The van der Waals surface area contributed by atoms with Crippen LogP contribution in [0.3, 0.4) is 0 Å². The fourth-order valence-corrected chi connectivity index (χ4v) is 1.12. The van der Waals surface area contributed by atoms with Crippen LogP contribution in [0.1, 0.15) is 12.6 Å². The Hall–Kier alpha value is -1.43. The molecule has 2 N–H and O–H groups in total. The molecule has 6 heteroatoms. The molecule has 0 aliphatic heterocycles. The van der Waals surface area contributed by atoms with Gasteiger partial charge in [0.15, 0.2) is 0 Å². The SMILES string of the molecule is CCc1cc(-c2n[nH]c(=S)o2)n[nH]1. The van der Waals surface area contributed by atoms with E-state index in [1.54, 1.807) is 0 Å². The van der Waals surface area contributed by atoms with Crippen molar-refractivity contribution in [2.45, 2.75) is 13.3 Å². The zero-order valence-electron chi connectivity index (χ0n) is 7.00. The minimum atomic E-state index is 0.260. The Morgan fingerprint density at radius 1 is 1.46 bits per heavy atom. The highest BCUT2D eigenvalue weighted by molar-refractivity contribution is 7.71. The van der Waals surface area contributed by atoms with E-state index in [2.05, 4.69) is 20.4 Å². The van der Waals surface area contributed by atoms with E-state index in [4.69, 9.17) is 16.6 Å². The van der Waals surface area contributed by atoms with Gasteiger partial charge in [0.1, 0.15) is 5.69 Å². The number of nitrogens with one attached hydrogen (secondary N) is 2. The third-order valence-electron chi connectivity index (χ3n) is 1.67. The molecule has 0 radical (unpaired) electrons. The summed E-state index contributed by atoms with van der Waals surface area (Å²) < 4.78 is 5.09. The molecule has 5 nitrogen and oxygen atoms in total. The Labute approximate surface area is 79.2 Å². The van der Waals surface area contributed by atoms with Crippen molar-refractivity contribution in [1.82, 2.24) is 20.4 Å². The van der Waals surface area contributed by atoms with Crippen molar-refractivity contribution < 1.29 is 4.42 Å². The zero-order chi connectivity index (χ0) is 9.26. The fraction of sp³-hybridized carbons (Fsp3) is 0.286. The molecular weight excluding hydrogens is 188 g/mol. The van der Waals surface area contributed by atoms with Gasteiger partial charge in [-0.15, -0.1) is 5.10 Å². The van der Waals surface area contributed by atoms with Crippen molar-refractivity contribution in [1.29, 1.82) is 0 Å². The van der Waals surface area contributed by atoms with Crippen molar-refractivity contribution in [3.8, 4) is 11.6 Å². The third kappa shape index (κ3) is 1.52. The lowest BCUT2D eigenvalue weighted by Crippen LogP contribution is -1.77. The van der Waals surface area contributed by atoms with E-state index in [1.807, 2.05) is 13.0 Å². The molecule has 0 spiro atoms. The Bertz CT molecular complexity index is 455. The normalized spacial score (nSPS) is 10.5. The molecule has 0 saturated heterocycles. The van der Waals surface area contributed by atoms with Crippen molar-refractivity contribution in [2.24, 2.45) is 0 Å². The topological polar surface area (TPSA) is 70.5 Å². The number of hydrogen-bond donors (Lipinski definition) is 2. The van der Waals surface area contributed by atoms with Crippen LogP contribution in [-0.2, 0) is 6.42 Å². The first-order chi connectivity index (χ1) is 6.29. The molecule has 0 saturated carbocycles. The molecule has 0 aliphatic carbocycles. The number of nitrogens with zero attached hydrogens (tertiary/aromatic N) is 2. The molecule has 0 amide bonds. The summed E-state index contributed by atoms with van der Waals surface area (Å²) in [5.41, 5.74) is 1.71. The highest BCUT2D eigenvalue weighted by atomic mass is 32.1. The molecule has 0 atom stereocenters. The van der Waals surface area contributed by atoms with Crippen LogP contribution in [0.2, 0.25) is 0 Å². The number of aromatic amines is 2. The Balaban J connectivity index is 2.40. The van der Waals surface area contributed by atoms with E-state index >= 15 is 0 Å². The number of aryl methyl sites for hydroxylation is 1. The molecule has 0 aromatic carbocycles. The number of H-pyrrole nitrogens is 2. The lowest BCUT2D eigenvalue weighted by Gasteiger charge is -1.81. The summed E-state index contributed by atoms with van der Waals surface area (Å²) in [5, 5.41) is 13.3. The predicted molar refractivity (Wildman–Crippen MR) is 48.6 cm³/mol. The first-order valence-electron chi connectivity index (χ1n) is 3.89. The maximum atomic E-state index is 5.09. The minimum Gasteiger partial charge on any atom is -0.408 e. The van der Waals surface area contributed by atoms with Gasteiger partial charge in [-0.3, -0.25) is 5.10 Å². The van der Waals surface area contributed by atoms with Crippen molar-refractivity contribution in [2.75, 3.05) is 0 Å². The van der Waals surface area contributed by atoms with Gasteiger partial charge in [0.25, 0.3) is 10.7 Å². The molecular formula is C7H8N4OS. The van der Waals surface area contributed by atoms with Crippen molar-refractivity contribution >= 4 is 12.2 Å². The van der Waals surface area contributed by atoms with Crippen LogP contribution < -0.4 is 0 Å². The predicted octanol–water partition coefficient (Wildman–Crippen LogP) is 1.68. The van der Waals surface area contributed by atoms with Crippen LogP contribution in [0.4, 0.5) is 0 Å². The maximum absolute atomic E-state index is 5.09. The van der Waals surface area contributed by atoms with Crippen LogP contribution in [0.15, 0.2) is 10.5 Å². The number of aromatic nitrogens is 4. The van der Waals surface area contributed by atoms with Crippen molar-refractivity contribution in [3.05, 3.63) is 16.6 Å². The van der Waals surface area contributed by atoms with Gasteiger partial charge in [0, 0.05) is 5.69 Å². The minimum absolute atomic E-state index is 0.260. The average molecular weight is 196 g/mol. The van der Waals surface area contributed by atoms with Crippen LogP contribution in [-0.4, -0.2) is 20.4 Å². The molecule has 2 heterocycles. The van der Waals surface area contributed by atoms with Crippen LogP contribution in [0.25, 0.3) is 11.6 Å². The Morgan fingerprint density at radius 3 is 2.85 bits per heavy atom. The number of hydrogen-bond acceptors (Lipinski definition) is 4. The van der Waals surface area contributed by atoms with Gasteiger partial charge in [-0.1, -0.05) is 6.92 Å². The van der Waals surface area contributed by atoms with E-state index in [-0.39, 0.29) is 4.84 Å². The van der Waals surface area contributed by atoms with Crippen molar-refractivity contribution in [3.63, 3.8) is 0 Å². The Morgan fingerprint density at radius 2 is 2.31 bits per heavy atom. The van der Waals surface area contributed by atoms with Gasteiger partial charge in [0.2, 0.25) is 0 Å². The highest BCUT2D eigenvalue weighted by Gasteiger charge is 2.07. The van der Waals surface area contributed by atoms with Crippen LogP contribution in [0.5, 0.6) is 0 Å². The quantitative estimate of drug-likeness (QED) is 0.717. The fourth-order valence-electron chi connectivity index (χ4n) is 0.992. The van der Waals surface area contributed by atoms with E-state index < -0.39 is 0 Å². The lowest BCUT2D eigenvalue weighted by molar-refractivity contribution is 0.549. The Kier molecular flexibility index (Phi) is 1.97. The molecule has 2 aromatic heterocycles. The third-order valence-corrected chi connectivity index (χ3v) is 1.84. The summed E-state index contributed by atoms with van der Waals surface area (Å²) in [5.74, 6) is 0.418. The van der Waals surface area contributed by atoms with Gasteiger partial charge in [-0.05, 0) is 24.7 Å². The summed E-state index contributed by atoms with van der Waals surface area (Å²) in [6.45, 7) is 2.04.